The van der Waals surface area contributed by atoms with Crippen LogP contribution in [-0.4, -0.2) is 35.9 Å². The Morgan fingerprint density at radius 2 is 2.43 bits per heavy atom. The lowest BCUT2D eigenvalue weighted by Crippen LogP contribution is -2.34. The molecule has 1 aliphatic rings. The van der Waals surface area contributed by atoms with Crippen molar-refractivity contribution in [1.29, 1.82) is 0 Å². The van der Waals surface area contributed by atoms with Gasteiger partial charge in [-0.15, -0.1) is 6.42 Å². The van der Waals surface area contributed by atoms with Crippen LogP contribution in [0.5, 0.6) is 5.75 Å². The minimum absolute atomic E-state index is 0.204. The molecule has 5 nitrogen and oxygen atoms in total. The largest absolute Gasteiger partial charge is 0.417 e. The summed E-state index contributed by atoms with van der Waals surface area (Å²) < 4.78 is 5.30. The van der Waals surface area contributed by atoms with Crippen LogP contribution in [0.1, 0.15) is 30.5 Å². The first-order chi connectivity index (χ1) is 10.2. The first-order valence-electron chi connectivity index (χ1n) is 7.06. The van der Waals surface area contributed by atoms with E-state index < -0.39 is 6.09 Å². The molecular formula is C16H20N2O3. The SMILES string of the molecule is C#CCN[C@@H]1CCc2ccc(OC(=O)N(CC)CO)cc21. The molecule has 112 valence electrons. The van der Waals surface area contributed by atoms with Gasteiger partial charge < -0.3 is 9.84 Å². The van der Waals surface area contributed by atoms with Crippen LogP contribution in [0, 0.1) is 12.3 Å². The molecule has 1 aliphatic carbocycles. The van der Waals surface area contributed by atoms with Crippen LogP contribution in [0.4, 0.5) is 4.79 Å². The highest BCUT2D eigenvalue weighted by Crippen LogP contribution is 2.33. The van der Waals surface area contributed by atoms with E-state index in [1.54, 1.807) is 13.0 Å². The molecular weight excluding hydrogens is 268 g/mol. The third-order valence-electron chi connectivity index (χ3n) is 3.66. The van der Waals surface area contributed by atoms with Crippen molar-refractivity contribution >= 4 is 6.09 Å². The Morgan fingerprint density at radius 1 is 1.62 bits per heavy atom. The van der Waals surface area contributed by atoms with Gasteiger partial charge in [0, 0.05) is 12.6 Å². The molecule has 0 saturated heterocycles. The molecule has 0 bridgehead atoms. The smallest absolute Gasteiger partial charge is 0.410 e. The highest BCUT2D eigenvalue weighted by atomic mass is 16.6. The topological polar surface area (TPSA) is 61.8 Å². The summed E-state index contributed by atoms with van der Waals surface area (Å²) in [6, 6.07) is 5.84. The van der Waals surface area contributed by atoms with Gasteiger partial charge in [0.05, 0.1) is 6.54 Å². The maximum Gasteiger partial charge on any atom is 0.417 e. The lowest BCUT2D eigenvalue weighted by molar-refractivity contribution is 0.0973. The van der Waals surface area contributed by atoms with Crippen molar-refractivity contribution < 1.29 is 14.6 Å². The van der Waals surface area contributed by atoms with Crippen molar-refractivity contribution in [3.05, 3.63) is 29.3 Å². The minimum atomic E-state index is -0.550. The maximum atomic E-state index is 11.8. The number of nitrogens with one attached hydrogen (secondary N) is 1. The summed E-state index contributed by atoms with van der Waals surface area (Å²) in [5, 5.41) is 12.4. The van der Waals surface area contributed by atoms with E-state index in [-0.39, 0.29) is 12.8 Å². The molecule has 21 heavy (non-hydrogen) atoms. The van der Waals surface area contributed by atoms with Gasteiger partial charge in [0.2, 0.25) is 0 Å². The number of carbonyl (C=O) groups is 1. The summed E-state index contributed by atoms with van der Waals surface area (Å²) in [7, 11) is 0. The predicted molar refractivity (Wildman–Crippen MR) is 79.8 cm³/mol. The molecule has 0 heterocycles. The van der Waals surface area contributed by atoms with Gasteiger partial charge in [-0.25, -0.2) is 4.79 Å². The van der Waals surface area contributed by atoms with Crippen molar-refractivity contribution in [2.75, 3.05) is 19.8 Å². The van der Waals surface area contributed by atoms with Gasteiger partial charge in [-0.3, -0.25) is 10.2 Å². The number of benzene rings is 1. The fourth-order valence-corrected chi connectivity index (χ4v) is 2.49. The monoisotopic (exact) mass is 288 g/mol. The van der Waals surface area contributed by atoms with E-state index in [0.29, 0.717) is 18.8 Å². The van der Waals surface area contributed by atoms with Crippen LogP contribution in [0.3, 0.4) is 0 Å². The van der Waals surface area contributed by atoms with E-state index in [9.17, 15) is 4.79 Å². The first-order valence-corrected chi connectivity index (χ1v) is 7.06. The fraction of sp³-hybridized carbons (Fsp3) is 0.438. The third-order valence-corrected chi connectivity index (χ3v) is 3.66. The molecule has 1 aromatic rings. The molecule has 1 amide bonds. The number of nitrogens with zero attached hydrogens (tertiary/aromatic N) is 1. The number of aliphatic hydroxyl groups is 1. The fourth-order valence-electron chi connectivity index (χ4n) is 2.49. The molecule has 2 N–H and O–H groups in total. The molecule has 1 aromatic carbocycles. The van der Waals surface area contributed by atoms with Crippen molar-refractivity contribution in [1.82, 2.24) is 10.2 Å². The molecule has 0 saturated carbocycles. The Bertz CT molecular complexity index is 547. The molecule has 0 aliphatic heterocycles. The Balaban J connectivity index is 2.10. The number of hydrogen-bond acceptors (Lipinski definition) is 4. The number of rotatable bonds is 5. The summed E-state index contributed by atoms with van der Waals surface area (Å²) in [6.07, 6.45) is 6.71. The molecule has 0 spiro atoms. The van der Waals surface area contributed by atoms with E-state index in [4.69, 9.17) is 16.3 Å². The number of terminal acetylenes is 1. The number of fused-ring (bicyclic) bond motifs is 1. The average Bonchev–Trinajstić information content (AvgIpc) is 2.89. The average molecular weight is 288 g/mol. The first kappa shape index (κ1) is 15.4. The minimum Gasteiger partial charge on any atom is -0.410 e. The summed E-state index contributed by atoms with van der Waals surface area (Å²) in [6.45, 7) is 2.33. The van der Waals surface area contributed by atoms with Gasteiger partial charge in [-0.05, 0) is 43.0 Å². The quantitative estimate of drug-likeness (QED) is 0.639. The predicted octanol–water partition coefficient (Wildman–Crippen LogP) is 1.67. The van der Waals surface area contributed by atoms with Gasteiger partial charge in [0.25, 0.3) is 0 Å². The third kappa shape index (κ3) is 3.54. The van der Waals surface area contributed by atoms with Crippen LogP contribution in [0.2, 0.25) is 0 Å². The number of hydrogen-bond donors (Lipinski definition) is 2. The van der Waals surface area contributed by atoms with Crippen molar-refractivity contribution in [2.45, 2.75) is 25.8 Å². The number of carbonyl (C=O) groups excluding carboxylic acids is 1. The summed E-state index contributed by atoms with van der Waals surface area (Å²) in [5.41, 5.74) is 2.38. The molecule has 0 fully saturated rings. The molecule has 1 atom stereocenters. The molecule has 0 radical (unpaired) electrons. The van der Waals surface area contributed by atoms with Crippen molar-refractivity contribution in [2.24, 2.45) is 0 Å². The Morgan fingerprint density at radius 3 is 3.10 bits per heavy atom. The number of amides is 1. The van der Waals surface area contributed by atoms with Gasteiger partial charge in [-0.1, -0.05) is 12.0 Å². The number of aryl methyl sites for hydroxylation is 1. The van der Waals surface area contributed by atoms with Gasteiger partial charge >= 0.3 is 6.09 Å². The zero-order chi connectivity index (χ0) is 15.2. The lowest BCUT2D eigenvalue weighted by atomic mass is 10.1. The van der Waals surface area contributed by atoms with E-state index in [2.05, 4.69) is 11.2 Å². The van der Waals surface area contributed by atoms with Crippen molar-refractivity contribution in [3.8, 4) is 18.1 Å². The molecule has 2 rings (SSSR count). The van der Waals surface area contributed by atoms with Crippen LogP contribution in [-0.2, 0) is 6.42 Å². The van der Waals surface area contributed by atoms with E-state index >= 15 is 0 Å². The summed E-state index contributed by atoms with van der Waals surface area (Å²) >= 11 is 0. The van der Waals surface area contributed by atoms with Crippen LogP contribution >= 0.6 is 0 Å². The highest BCUT2D eigenvalue weighted by molar-refractivity contribution is 5.70. The Labute approximate surface area is 124 Å². The zero-order valence-corrected chi connectivity index (χ0v) is 12.1. The Kier molecular flexibility index (Phi) is 5.20. The second-order valence-corrected chi connectivity index (χ2v) is 4.90. The van der Waals surface area contributed by atoms with E-state index in [1.807, 2.05) is 12.1 Å². The normalized spacial score (nSPS) is 16.1. The van der Waals surface area contributed by atoms with Crippen LogP contribution in [0.15, 0.2) is 18.2 Å². The Hall–Kier alpha value is -2.03. The number of ether oxygens (including phenoxy) is 1. The lowest BCUT2D eigenvalue weighted by Gasteiger charge is -2.18. The molecule has 0 aromatic heterocycles. The second-order valence-electron chi connectivity index (χ2n) is 4.90. The second kappa shape index (κ2) is 7.11. The van der Waals surface area contributed by atoms with E-state index in [1.165, 1.54) is 10.5 Å². The van der Waals surface area contributed by atoms with Crippen LogP contribution < -0.4 is 10.1 Å². The maximum absolute atomic E-state index is 11.8. The van der Waals surface area contributed by atoms with Gasteiger partial charge in [0.15, 0.2) is 0 Å². The highest BCUT2D eigenvalue weighted by Gasteiger charge is 2.23. The standard InChI is InChI=1S/C16H20N2O3/c1-3-9-17-15-8-6-12-5-7-13(10-14(12)15)21-16(20)18(4-2)11-19/h1,5,7,10,15,17,19H,4,6,8-9,11H2,2H3/t15-/m1/s1. The molecule has 5 heteroatoms. The zero-order valence-electron chi connectivity index (χ0n) is 12.1. The summed E-state index contributed by atoms with van der Waals surface area (Å²) in [4.78, 5) is 13.0. The number of aliphatic hydroxyl groups excluding tert-OH is 1. The van der Waals surface area contributed by atoms with Gasteiger partial charge in [0.1, 0.15) is 12.5 Å². The summed E-state index contributed by atoms with van der Waals surface area (Å²) in [5.74, 6) is 3.06. The van der Waals surface area contributed by atoms with Crippen LogP contribution in [0.25, 0.3) is 0 Å². The van der Waals surface area contributed by atoms with Gasteiger partial charge in [-0.2, -0.15) is 0 Å². The van der Waals surface area contributed by atoms with Crippen molar-refractivity contribution in [3.63, 3.8) is 0 Å². The molecule has 0 unspecified atom stereocenters. The van der Waals surface area contributed by atoms with E-state index in [0.717, 1.165) is 18.4 Å².